The van der Waals surface area contributed by atoms with E-state index in [4.69, 9.17) is 4.42 Å². The van der Waals surface area contributed by atoms with Gasteiger partial charge in [0.15, 0.2) is 0 Å². The average molecular weight is 217 g/mol. The van der Waals surface area contributed by atoms with Crippen LogP contribution in [0.5, 0.6) is 0 Å². The van der Waals surface area contributed by atoms with Crippen molar-refractivity contribution < 1.29 is 4.42 Å². The monoisotopic (exact) mass is 217 g/mol. The summed E-state index contributed by atoms with van der Waals surface area (Å²) in [6.07, 6.45) is 1.48. The van der Waals surface area contributed by atoms with Gasteiger partial charge in [-0.25, -0.2) is 0 Å². The number of likely N-dealkylation sites (N-methyl/N-ethyl adjacent to an activating group) is 1. The summed E-state index contributed by atoms with van der Waals surface area (Å²) in [6, 6.07) is 10.1. The van der Waals surface area contributed by atoms with Gasteiger partial charge in [-0.2, -0.15) is 0 Å². The number of nitrogens with zero attached hydrogens (tertiary/aromatic N) is 2. The number of hydrogen-bond acceptors (Lipinski definition) is 4. The summed E-state index contributed by atoms with van der Waals surface area (Å²) >= 11 is 0. The molecule has 0 atom stereocenters. The van der Waals surface area contributed by atoms with E-state index in [2.05, 4.69) is 27.6 Å². The summed E-state index contributed by atoms with van der Waals surface area (Å²) in [7, 11) is 1.90. The molecule has 0 unspecified atom stereocenters. The second kappa shape index (κ2) is 5.42. The summed E-state index contributed by atoms with van der Waals surface area (Å²) in [5.74, 6) is 1.37. The van der Waals surface area contributed by atoms with E-state index in [-0.39, 0.29) is 0 Å². The lowest BCUT2D eigenvalue weighted by Gasteiger charge is -1.95. The van der Waals surface area contributed by atoms with Gasteiger partial charge in [-0.1, -0.05) is 30.3 Å². The third kappa shape index (κ3) is 2.90. The molecule has 0 fully saturated rings. The Morgan fingerprint density at radius 3 is 2.62 bits per heavy atom. The third-order valence-corrected chi connectivity index (χ3v) is 2.30. The minimum absolute atomic E-state index is 0.678. The third-order valence-electron chi connectivity index (χ3n) is 2.30. The summed E-state index contributed by atoms with van der Waals surface area (Å²) in [5, 5.41) is 11.1. The molecule has 2 aromatic rings. The molecule has 0 radical (unpaired) electrons. The quantitative estimate of drug-likeness (QED) is 0.823. The first-order valence-corrected chi connectivity index (χ1v) is 5.38. The van der Waals surface area contributed by atoms with Crippen LogP contribution >= 0.6 is 0 Å². The van der Waals surface area contributed by atoms with Crippen LogP contribution in [0.2, 0.25) is 0 Å². The zero-order valence-electron chi connectivity index (χ0n) is 9.31. The van der Waals surface area contributed by atoms with E-state index in [1.165, 1.54) is 5.56 Å². The Morgan fingerprint density at radius 2 is 1.88 bits per heavy atom. The molecule has 84 valence electrons. The van der Waals surface area contributed by atoms with Crippen molar-refractivity contribution in [2.24, 2.45) is 0 Å². The molecule has 0 spiro atoms. The first kappa shape index (κ1) is 10.8. The predicted molar refractivity (Wildman–Crippen MR) is 61.2 cm³/mol. The standard InChI is InChI=1S/C12H15N3O/c1-13-8-7-11-14-15-12(16-11)9-10-5-3-2-4-6-10/h2-6,13H,7-9H2,1H3. The Kier molecular flexibility index (Phi) is 3.66. The fraction of sp³-hybridized carbons (Fsp3) is 0.333. The van der Waals surface area contributed by atoms with E-state index >= 15 is 0 Å². The van der Waals surface area contributed by atoms with Gasteiger partial charge in [0.1, 0.15) is 0 Å². The molecule has 0 saturated carbocycles. The zero-order valence-corrected chi connectivity index (χ0v) is 9.31. The van der Waals surface area contributed by atoms with Crippen molar-refractivity contribution in [2.75, 3.05) is 13.6 Å². The molecular weight excluding hydrogens is 202 g/mol. The smallest absolute Gasteiger partial charge is 0.220 e. The molecule has 1 aromatic carbocycles. The second-order valence-electron chi connectivity index (χ2n) is 3.61. The van der Waals surface area contributed by atoms with E-state index in [0.29, 0.717) is 18.2 Å². The molecule has 0 aliphatic heterocycles. The maximum atomic E-state index is 5.53. The molecule has 0 bridgehead atoms. The van der Waals surface area contributed by atoms with Crippen LogP contribution in [-0.2, 0) is 12.8 Å². The van der Waals surface area contributed by atoms with Crippen molar-refractivity contribution in [1.82, 2.24) is 15.5 Å². The van der Waals surface area contributed by atoms with Crippen molar-refractivity contribution in [3.63, 3.8) is 0 Å². The Hall–Kier alpha value is -1.68. The van der Waals surface area contributed by atoms with Crippen LogP contribution in [0.1, 0.15) is 17.3 Å². The maximum Gasteiger partial charge on any atom is 0.220 e. The van der Waals surface area contributed by atoms with Gasteiger partial charge >= 0.3 is 0 Å². The highest BCUT2D eigenvalue weighted by Gasteiger charge is 2.05. The number of aromatic nitrogens is 2. The second-order valence-corrected chi connectivity index (χ2v) is 3.61. The minimum Gasteiger partial charge on any atom is -0.425 e. The normalized spacial score (nSPS) is 10.6. The van der Waals surface area contributed by atoms with Crippen LogP contribution in [0.3, 0.4) is 0 Å². The van der Waals surface area contributed by atoms with Crippen LogP contribution in [-0.4, -0.2) is 23.8 Å². The van der Waals surface area contributed by atoms with E-state index in [1.54, 1.807) is 0 Å². The number of hydrogen-bond donors (Lipinski definition) is 1. The van der Waals surface area contributed by atoms with Gasteiger partial charge in [0.25, 0.3) is 0 Å². The topological polar surface area (TPSA) is 51.0 Å². The highest BCUT2D eigenvalue weighted by Crippen LogP contribution is 2.08. The summed E-state index contributed by atoms with van der Waals surface area (Å²) in [5.41, 5.74) is 1.19. The van der Waals surface area contributed by atoms with E-state index in [1.807, 2.05) is 25.2 Å². The van der Waals surface area contributed by atoms with Crippen molar-refractivity contribution in [2.45, 2.75) is 12.8 Å². The number of benzene rings is 1. The zero-order chi connectivity index (χ0) is 11.2. The molecule has 0 aliphatic carbocycles. The predicted octanol–water partition coefficient (Wildman–Crippen LogP) is 1.42. The minimum atomic E-state index is 0.678. The van der Waals surface area contributed by atoms with E-state index < -0.39 is 0 Å². The van der Waals surface area contributed by atoms with Gasteiger partial charge in [0.05, 0.1) is 6.42 Å². The molecule has 2 rings (SSSR count). The lowest BCUT2D eigenvalue weighted by molar-refractivity contribution is 0.454. The van der Waals surface area contributed by atoms with Crippen molar-refractivity contribution >= 4 is 0 Å². The fourth-order valence-electron chi connectivity index (χ4n) is 1.46. The van der Waals surface area contributed by atoms with Crippen LogP contribution in [0, 0.1) is 0 Å². The van der Waals surface area contributed by atoms with Gasteiger partial charge < -0.3 is 9.73 Å². The first-order chi connectivity index (χ1) is 7.88. The molecule has 0 aliphatic rings. The molecule has 4 nitrogen and oxygen atoms in total. The summed E-state index contributed by atoms with van der Waals surface area (Å²) in [6.45, 7) is 0.854. The van der Waals surface area contributed by atoms with Gasteiger partial charge in [0, 0.05) is 13.0 Å². The Bertz CT molecular complexity index is 425. The highest BCUT2D eigenvalue weighted by atomic mass is 16.4. The average Bonchev–Trinajstić information content (AvgIpc) is 2.75. The van der Waals surface area contributed by atoms with Crippen LogP contribution in [0.15, 0.2) is 34.7 Å². The van der Waals surface area contributed by atoms with Gasteiger partial charge in [-0.3, -0.25) is 0 Å². The Labute approximate surface area is 94.7 Å². The van der Waals surface area contributed by atoms with Crippen LogP contribution < -0.4 is 5.32 Å². The molecule has 0 amide bonds. The summed E-state index contributed by atoms with van der Waals surface area (Å²) < 4.78 is 5.53. The van der Waals surface area contributed by atoms with E-state index in [0.717, 1.165) is 13.0 Å². The molecule has 4 heteroatoms. The highest BCUT2D eigenvalue weighted by molar-refractivity contribution is 5.17. The van der Waals surface area contributed by atoms with Crippen molar-refractivity contribution in [3.8, 4) is 0 Å². The van der Waals surface area contributed by atoms with Gasteiger partial charge in [0.2, 0.25) is 11.8 Å². The Morgan fingerprint density at radius 1 is 1.12 bits per heavy atom. The van der Waals surface area contributed by atoms with Crippen molar-refractivity contribution in [1.29, 1.82) is 0 Å². The molecule has 1 N–H and O–H groups in total. The van der Waals surface area contributed by atoms with E-state index in [9.17, 15) is 0 Å². The van der Waals surface area contributed by atoms with Gasteiger partial charge in [-0.15, -0.1) is 10.2 Å². The van der Waals surface area contributed by atoms with Gasteiger partial charge in [-0.05, 0) is 12.6 Å². The molecular formula is C12H15N3O. The largest absolute Gasteiger partial charge is 0.425 e. The first-order valence-electron chi connectivity index (χ1n) is 5.38. The lowest BCUT2D eigenvalue weighted by Crippen LogP contribution is -2.10. The summed E-state index contributed by atoms with van der Waals surface area (Å²) in [4.78, 5) is 0. The van der Waals surface area contributed by atoms with Crippen LogP contribution in [0.4, 0.5) is 0 Å². The van der Waals surface area contributed by atoms with Crippen molar-refractivity contribution in [3.05, 3.63) is 47.7 Å². The fourth-order valence-corrected chi connectivity index (χ4v) is 1.46. The molecule has 16 heavy (non-hydrogen) atoms. The maximum absolute atomic E-state index is 5.53. The molecule has 0 saturated heterocycles. The number of rotatable bonds is 5. The van der Waals surface area contributed by atoms with Crippen LogP contribution in [0.25, 0.3) is 0 Å². The lowest BCUT2D eigenvalue weighted by atomic mass is 10.2. The molecule has 1 heterocycles. The number of nitrogens with one attached hydrogen (secondary N) is 1. The Balaban J connectivity index is 1.97. The molecule has 1 aromatic heterocycles. The SMILES string of the molecule is CNCCc1nnc(Cc2ccccc2)o1.